The van der Waals surface area contributed by atoms with E-state index in [9.17, 15) is 27.6 Å². The van der Waals surface area contributed by atoms with E-state index in [4.69, 9.17) is 9.72 Å². The van der Waals surface area contributed by atoms with Crippen LogP contribution in [0.1, 0.15) is 86.8 Å². The number of ketones is 2. The molecule has 2 aliphatic heterocycles. The number of aryl methyl sites for hydroxylation is 1. The molecule has 12 nitrogen and oxygen atoms in total. The van der Waals surface area contributed by atoms with Gasteiger partial charge in [-0.15, -0.1) is 0 Å². The molecule has 0 unspecified atom stereocenters. The third kappa shape index (κ3) is 7.63. The topological polar surface area (TPSA) is 166 Å². The number of allylic oxidation sites excluding steroid dienone is 2. The minimum atomic E-state index is -3.85. The molecule has 1 N–H and O–H groups in total. The number of fused-ring (bicyclic) bond motifs is 5. The van der Waals surface area contributed by atoms with Crippen molar-refractivity contribution in [3.63, 3.8) is 0 Å². The second-order valence-electron chi connectivity index (χ2n) is 15.7. The van der Waals surface area contributed by atoms with Gasteiger partial charge in [-0.25, -0.2) is 18.4 Å². The van der Waals surface area contributed by atoms with Gasteiger partial charge in [-0.2, -0.15) is 0 Å². The van der Waals surface area contributed by atoms with Crippen LogP contribution in [-0.2, 0) is 24.4 Å². The smallest absolute Gasteiger partial charge is 0.240 e. The maximum absolute atomic E-state index is 14.7. The predicted octanol–water partition coefficient (Wildman–Crippen LogP) is 5.82. The molecule has 0 radical (unpaired) electrons. The molecule has 2 saturated carbocycles. The number of rotatable bonds is 8. The van der Waals surface area contributed by atoms with Crippen molar-refractivity contribution >= 4 is 55.1 Å². The normalized spacial score (nSPS) is 26.7. The number of pyridine rings is 1. The lowest BCUT2D eigenvalue weighted by molar-refractivity contribution is -0.142. The van der Waals surface area contributed by atoms with Crippen LogP contribution in [0.15, 0.2) is 73.1 Å². The van der Waals surface area contributed by atoms with Gasteiger partial charge in [-0.3, -0.25) is 28.9 Å². The number of amides is 2. The molecule has 55 heavy (non-hydrogen) atoms. The van der Waals surface area contributed by atoms with Gasteiger partial charge in [-0.05, 0) is 68.9 Å². The number of ether oxygens (including phenoxy) is 1. The highest BCUT2D eigenvalue weighted by Crippen LogP contribution is 2.57. The highest BCUT2D eigenvalue weighted by Gasteiger charge is 2.61. The minimum Gasteiger partial charge on any atom is -0.472 e. The van der Waals surface area contributed by atoms with Gasteiger partial charge < -0.3 is 9.64 Å². The Kier molecular flexibility index (Phi) is 9.99. The lowest BCUT2D eigenvalue weighted by Gasteiger charge is -2.29. The van der Waals surface area contributed by atoms with E-state index in [-0.39, 0.29) is 54.9 Å². The third-order valence-electron chi connectivity index (χ3n) is 11.7. The van der Waals surface area contributed by atoms with Gasteiger partial charge in [0.25, 0.3) is 0 Å². The molecule has 1 saturated heterocycles. The zero-order chi connectivity index (χ0) is 38.3. The number of carbonyl (C=O) groups excluding carboxylic acids is 4. The van der Waals surface area contributed by atoms with Crippen LogP contribution in [0.5, 0.6) is 5.88 Å². The Balaban J connectivity index is 1.12. The van der Waals surface area contributed by atoms with Crippen LogP contribution in [-0.4, -0.2) is 75.6 Å². The Morgan fingerprint density at radius 2 is 1.71 bits per heavy atom. The number of nitrogens with one attached hydrogen (secondary N) is 1. The highest BCUT2D eigenvalue weighted by atomic mass is 32.2. The van der Waals surface area contributed by atoms with E-state index >= 15 is 0 Å². The van der Waals surface area contributed by atoms with Crippen LogP contribution < -0.4 is 9.46 Å². The Hall–Kier alpha value is -5.04. The van der Waals surface area contributed by atoms with Crippen LogP contribution in [0.3, 0.4) is 0 Å². The quantitative estimate of drug-likeness (QED) is 0.131. The predicted molar refractivity (Wildman–Crippen MR) is 205 cm³/mol. The third-order valence-corrected chi connectivity index (χ3v) is 13.5. The molecule has 4 aromatic rings. The SMILES string of the molecule is Cc1cnc(C(=O)C[C@H]2CCCCC/C=C\[C@@H]3C[C@@]3(C(=O)NS(=O)(=O)C3CC3)CC(=O)[C@@H]3C[C@@H](Oc4nc5ccccc5c5ccccc45)CN3C2=O)cn1. The highest BCUT2D eigenvalue weighted by molar-refractivity contribution is 7.90. The summed E-state index contributed by atoms with van der Waals surface area (Å²) in [5.74, 6) is -2.27. The van der Waals surface area contributed by atoms with Crippen molar-refractivity contribution in [2.45, 2.75) is 94.9 Å². The van der Waals surface area contributed by atoms with Crippen molar-refractivity contribution in [1.29, 1.82) is 0 Å². The number of benzene rings is 2. The van der Waals surface area contributed by atoms with Crippen molar-refractivity contribution in [3.05, 3.63) is 84.5 Å². The molecule has 0 spiro atoms. The number of aromatic nitrogens is 3. The number of sulfonamides is 1. The zero-order valence-electron chi connectivity index (χ0n) is 30.9. The number of nitrogens with zero attached hydrogens (tertiary/aromatic N) is 4. The Morgan fingerprint density at radius 3 is 2.47 bits per heavy atom. The summed E-state index contributed by atoms with van der Waals surface area (Å²) in [6, 6.07) is 14.6. The lowest BCUT2D eigenvalue weighted by Crippen LogP contribution is -2.46. The van der Waals surface area contributed by atoms with E-state index < -0.39 is 44.7 Å². The molecule has 2 amide bonds. The standard InChI is InChI=1S/C42H45N5O7S/c1-26-23-44-35(24-43-26)37(48)19-27-11-5-3-2-4-6-12-28-21-42(28,41(51)46-55(52,53)30-17-18-30)22-38(49)36-20-29(25-47(36)40(27)50)54-39-33-15-8-7-13-31(33)32-14-9-10-16-34(32)45-39/h6-10,12-16,23-24,27-30,36H,2-5,11,17-22,25H2,1H3,(H,46,51)/b12-6-/t27-,28-,29-,36+,42-/m1/s1. The Labute approximate surface area is 320 Å². The van der Waals surface area contributed by atoms with Gasteiger partial charge in [0.15, 0.2) is 11.6 Å². The van der Waals surface area contributed by atoms with Gasteiger partial charge in [0.2, 0.25) is 27.7 Å². The van der Waals surface area contributed by atoms with E-state index in [1.807, 2.05) is 60.7 Å². The summed E-state index contributed by atoms with van der Waals surface area (Å²) in [4.78, 5) is 71.6. The van der Waals surface area contributed by atoms with Crippen molar-refractivity contribution < 1.29 is 32.3 Å². The fourth-order valence-corrected chi connectivity index (χ4v) is 9.69. The number of para-hydroxylation sites is 1. The second kappa shape index (κ2) is 14.9. The van der Waals surface area contributed by atoms with Gasteiger partial charge in [0.05, 0.1) is 40.7 Å². The first kappa shape index (κ1) is 36.9. The maximum Gasteiger partial charge on any atom is 0.240 e. The van der Waals surface area contributed by atoms with Crippen LogP contribution >= 0.6 is 0 Å². The second-order valence-corrected chi connectivity index (χ2v) is 17.6. The molecule has 286 valence electrons. The summed E-state index contributed by atoms with van der Waals surface area (Å²) in [7, 11) is -3.85. The molecule has 3 fully saturated rings. The summed E-state index contributed by atoms with van der Waals surface area (Å²) in [6.45, 7) is 1.86. The zero-order valence-corrected chi connectivity index (χ0v) is 31.7. The monoisotopic (exact) mass is 763 g/mol. The maximum atomic E-state index is 14.7. The Morgan fingerprint density at radius 1 is 0.945 bits per heavy atom. The van der Waals surface area contributed by atoms with Crippen LogP contribution in [0.4, 0.5) is 0 Å². The average molecular weight is 764 g/mol. The largest absolute Gasteiger partial charge is 0.472 e. The molecule has 5 atom stereocenters. The fourth-order valence-electron chi connectivity index (χ4n) is 8.31. The number of Topliss-reactive ketones (excluding diaryl/α,β-unsaturated/α-hetero) is 2. The lowest BCUT2D eigenvalue weighted by atomic mass is 9.90. The van der Waals surface area contributed by atoms with E-state index in [0.29, 0.717) is 43.7 Å². The van der Waals surface area contributed by atoms with E-state index in [1.165, 1.54) is 17.3 Å². The van der Waals surface area contributed by atoms with Crippen LogP contribution in [0, 0.1) is 24.2 Å². The number of hydrogen-bond donors (Lipinski definition) is 1. The van der Waals surface area contributed by atoms with Crippen LogP contribution in [0.25, 0.3) is 21.7 Å². The summed E-state index contributed by atoms with van der Waals surface area (Å²) >= 11 is 0. The summed E-state index contributed by atoms with van der Waals surface area (Å²) in [6.07, 6.45) is 11.0. The summed E-state index contributed by atoms with van der Waals surface area (Å²) in [5.41, 5.74) is 0.357. The first-order valence-corrected chi connectivity index (χ1v) is 20.9. The number of carbonyl (C=O) groups is 4. The molecule has 0 bridgehead atoms. The molecule has 2 aliphatic carbocycles. The summed E-state index contributed by atoms with van der Waals surface area (Å²) in [5, 5.41) is 2.14. The average Bonchev–Trinajstić information content (AvgIpc) is 4.11. The summed E-state index contributed by atoms with van der Waals surface area (Å²) < 4.78 is 34.7. The molecule has 2 aromatic carbocycles. The first-order chi connectivity index (χ1) is 26.5. The van der Waals surface area contributed by atoms with E-state index in [0.717, 1.165) is 40.9 Å². The molecule has 13 heteroatoms. The molecule has 2 aromatic heterocycles. The number of hydrogen-bond acceptors (Lipinski definition) is 10. The fraction of sp³-hybridized carbons (Fsp3) is 0.452. The molecule has 8 rings (SSSR count). The first-order valence-electron chi connectivity index (χ1n) is 19.3. The molecular formula is C42H45N5O7S. The van der Waals surface area contributed by atoms with Crippen molar-refractivity contribution in [2.24, 2.45) is 17.3 Å². The molecule has 4 heterocycles. The van der Waals surface area contributed by atoms with Crippen molar-refractivity contribution in [3.8, 4) is 5.88 Å². The Bertz CT molecular complexity index is 2310. The van der Waals surface area contributed by atoms with Gasteiger partial charge >= 0.3 is 0 Å². The minimum absolute atomic E-state index is 0.0751. The van der Waals surface area contributed by atoms with Gasteiger partial charge in [-0.1, -0.05) is 61.4 Å². The van der Waals surface area contributed by atoms with Gasteiger partial charge in [0, 0.05) is 42.1 Å². The van der Waals surface area contributed by atoms with E-state index in [2.05, 4.69) is 14.7 Å². The van der Waals surface area contributed by atoms with Crippen molar-refractivity contribution in [2.75, 3.05) is 6.54 Å². The van der Waals surface area contributed by atoms with Crippen LogP contribution in [0.2, 0.25) is 0 Å². The molecular weight excluding hydrogens is 719 g/mol. The van der Waals surface area contributed by atoms with Gasteiger partial charge in [0.1, 0.15) is 11.8 Å². The molecule has 4 aliphatic rings. The van der Waals surface area contributed by atoms with Crippen molar-refractivity contribution in [1.82, 2.24) is 24.6 Å². The van der Waals surface area contributed by atoms with E-state index in [1.54, 1.807) is 6.92 Å².